The lowest BCUT2D eigenvalue weighted by atomic mass is 9.46. The zero-order valence-electron chi connectivity index (χ0n) is 31.6. The van der Waals surface area contributed by atoms with E-state index in [9.17, 15) is 46.0 Å². The molecule has 0 aromatic carbocycles. The van der Waals surface area contributed by atoms with Crippen molar-refractivity contribution < 1.29 is 64.9 Å². The molecule has 13 heteroatoms. The third-order valence-electron chi connectivity index (χ3n) is 14.7. The van der Waals surface area contributed by atoms with Crippen LogP contribution in [0.15, 0.2) is 11.6 Å². The molecule has 6 aliphatic rings. The summed E-state index contributed by atoms with van der Waals surface area (Å²) in [5.74, 6) is 0.631. The molecule has 300 valence electrons. The van der Waals surface area contributed by atoms with Crippen LogP contribution in [0.5, 0.6) is 0 Å². The minimum Gasteiger partial charge on any atom is -0.394 e. The van der Waals surface area contributed by atoms with Crippen LogP contribution in [-0.2, 0) is 18.9 Å². The van der Waals surface area contributed by atoms with Crippen molar-refractivity contribution in [2.75, 3.05) is 6.61 Å². The monoisotopic (exact) mass is 742 g/mol. The van der Waals surface area contributed by atoms with Gasteiger partial charge in [0.2, 0.25) is 0 Å². The van der Waals surface area contributed by atoms with E-state index in [1.165, 1.54) is 0 Å². The van der Waals surface area contributed by atoms with Crippen molar-refractivity contribution in [1.29, 1.82) is 0 Å². The highest BCUT2D eigenvalue weighted by atomic mass is 16.7. The van der Waals surface area contributed by atoms with Gasteiger partial charge in [0.25, 0.3) is 0 Å². The first-order valence-electron chi connectivity index (χ1n) is 19.8. The lowest BCUT2D eigenvalue weighted by molar-refractivity contribution is -0.324. The molecule has 0 unspecified atom stereocenters. The van der Waals surface area contributed by atoms with E-state index in [-0.39, 0.29) is 41.4 Å². The van der Waals surface area contributed by atoms with E-state index in [2.05, 4.69) is 40.7 Å². The molecule has 5 fully saturated rings. The van der Waals surface area contributed by atoms with Gasteiger partial charge in [0.15, 0.2) is 12.6 Å². The fraction of sp³-hybridized carbons (Fsp3) is 0.949. The summed E-state index contributed by atoms with van der Waals surface area (Å²) in [5, 5.41) is 96.3. The summed E-state index contributed by atoms with van der Waals surface area (Å²) in [7, 11) is 0. The third kappa shape index (κ3) is 7.07. The number of hydrogen-bond donors (Lipinski definition) is 9. The molecule has 9 N–H and O–H groups in total. The van der Waals surface area contributed by atoms with Gasteiger partial charge in [0.05, 0.1) is 37.1 Å². The Balaban J connectivity index is 1.30. The van der Waals surface area contributed by atoms with Crippen LogP contribution < -0.4 is 0 Å². The molecule has 0 radical (unpaired) electrons. The molecule has 6 rings (SSSR count). The van der Waals surface area contributed by atoms with Crippen molar-refractivity contribution in [1.82, 2.24) is 0 Å². The van der Waals surface area contributed by atoms with Crippen molar-refractivity contribution in [2.24, 2.45) is 46.3 Å². The van der Waals surface area contributed by atoms with Gasteiger partial charge in [-0.05, 0) is 92.8 Å². The van der Waals surface area contributed by atoms with E-state index in [0.29, 0.717) is 25.2 Å². The zero-order chi connectivity index (χ0) is 38.0. The number of fused-ring (bicyclic) bond motifs is 5. The van der Waals surface area contributed by atoms with Crippen LogP contribution in [0.25, 0.3) is 0 Å². The molecule has 3 saturated carbocycles. The molecular formula is C39H66O13. The summed E-state index contributed by atoms with van der Waals surface area (Å²) in [6.07, 6.45) is -7.70. The molecule has 21 atom stereocenters. The first kappa shape index (κ1) is 40.9. The average molecular weight is 743 g/mol. The van der Waals surface area contributed by atoms with Crippen LogP contribution in [0.3, 0.4) is 0 Å². The SMILES string of the molecule is CC(C)CC[C@H](O)[C@@H](C)[C@H]1[C@@H](O[C@@H]2O[C@@H](C)[C@H](O)[C@@H](O)[C@H]2O)C[C@H]2[C@@H]3CC=C4C[C@@H](O)C[C@@H](O[C@@H]5O[C@H](CO)[C@H](O)[C@H](O)[C@H]5O)[C@]4(C)[C@H]3CC[C@]12C. The maximum Gasteiger partial charge on any atom is 0.187 e. The zero-order valence-corrected chi connectivity index (χ0v) is 31.6. The molecule has 2 saturated heterocycles. The smallest absolute Gasteiger partial charge is 0.187 e. The molecule has 13 nitrogen and oxygen atoms in total. The predicted octanol–water partition coefficient (Wildman–Crippen LogP) is 0.977. The van der Waals surface area contributed by atoms with Gasteiger partial charge < -0.3 is 64.9 Å². The number of ether oxygens (including phenoxy) is 4. The van der Waals surface area contributed by atoms with E-state index >= 15 is 0 Å². The second-order valence-electron chi connectivity index (χ2n) is 18.1. The van der Waals surface area contributed by atoms with Crippen molar-refractivity contribution in [3.8, 4) is 0 Å². The lowest BCUT2D eigenvalue weighted by Crippen LogP contribution is -2.62. The number of aliphatic hydroxyl groups is 9. The maximum atomic E-state index is 11.6. The van der Waals surface area contributed by atoms with Gasteiger partial charge in [-0.15, -0.1) is 0 Å². The van der Waals surface area contributed by atoms with E-state index in [1.807, 2.05) is 0 Å². The first-order valence-corrected chi connectivity index (χ1v) is 19.8. The predicted molar refractivity (Wildman–Crippen MR) is 187 cm³/mol. The number of rotatable bonds is 10. The summed E-state index contributed by atoms with van der Waals surface area (Å²) >= 11 is 0. The Morgan fingerprint density at radius 2 is 1.48 bits per heavy atom. The molecule has 2 aliphatic heterocycles. The van der Waals surface area contributed by atoms with E-state index in [1.54, 1.807) is 6.92 Å². The van der Waals surface area contributed by atoms with Crippen molar-refractivity contribution in [3.63, 3.8) is 0 Å². The molecule has 52 heavy (non-hydrogen) atoms. The van der Waals surface area contributed by atoms with Gasteiger partial charge in [-0.3, -0.25) is 0 Å². The molecule has 0 bridgehead atoms. The summed E-state index contributed by atoms with van der Waals surface area (Å²) in [5.41, 5.74) is 0.278. The molecule has 2 heterocycles. The molecule has 0 aromatic rings. The fourth-order valence-electron chi connectivity index (χ4n) is 11.6. The highest BCUT2D eigenvalue weighted by Crippen LogP contribution is 2.68. The Morgan fingerprint density at radius 3 is 2.13 bits per heavy atom. The Labute approximate surface area is 307 Å². The number of allylic oxidation sites excluding steroid dienone is 1. The minimum absolute atomic E-state index is 0.0942. The Hall–Kier alpha value is -0.780. The second-order valence-corrected chi connectivity index (χ2v) is 18.1. The van der Waals surface area contributed by atoms with Gasteiger partial charge >= 0.3 is 0 Å². The van der Waals surface area contributed by atoms with Gasteiger partial charge in [-0.25, -0.2) is 0 Å². The van der Waals surface area contributed by atoms with Crippen LogP contribution in [0.1, 0.15) is 92.9 Å². The molecule has 0 spiro atoms. The van der Waals surface area contributed by atoms with E-state index < -0.39 is 97.8 Å². The fourth-order valence-corrected chi connectivity index (χ4v) is 11.6. The van der Waals surface area contributed by atoms with Crippen molar-refractivity contribution >= 4 is 0 Å². The largest absolute Gasteiger partial charge is 0.394 e. The summed E-state index contributed by atoms with van der Waals surface area (Å²) in [6.45, 7) is 11.9. The van der Waals surface area contributed by atoms with Gasteiger partial charge in [-0.1, -0.05) is 46.3 Å². The van der Waals surface area contributed by atoms with Gasteiger partial charge in [0, 0.05) is 11.8 Å². The first-order chi connectivity index (χ1) is 24.4. The highest BCUT2D eigenvalue weighted by molar-refractivity contribution is 5.28. The quantitative estimate of drug-likeness (QED) is 0.143. The van der Waals surface area contributed by atoms with Crippen LogP contribution >= 0.6 is 0 Å². The van der Waals surface area contributed by atoms with E-state index in [0.717, 1.165) is 31.3 Å². The Kier molecular flexibility index (Phi) is 12.3. The average Bonchev–Trinajstić information content (AvgIpc) is 3.40. The molecule has 0 aromatic heterocycles. The van der Waals surface area contributed by atoms with Gasteiger partial charge in [0.1, 0.15) is 42.7 Å². The van der Waals surface area contributed by atoms with Crippen molar-refractivity contribution in [2.45, 2.75) is 179 Å². The molecule has 4 aliphatic carbocycles. The summed E-state index contributed by atoms with van der Waals surface area (Å²) in [6, 6.07) is 0. The normalized spacial score (nSPS) is 52.0. The maximum absolute atomic E-state index is 11.6. The lowest BCUT2D eigenvalue weighted by Gasteiger charge is -2.60. The number of aliphatic hydroxyl groups excluding tert-OH is 9. The Bertz CT molecular complexity index is 1250. The second kappa shape index (κ2) is 15.6. The standard InChI is InChI=1S/C39H66O13/c1-17(2)7-10-25(42)18(3)29-26(50-36-34(47)32(45)30(43)19(4)49-36)15-24-22-9-8-20-13-21(41)14-28(39(20,6)23(22)11-12-38(24,29)5)52-37-35(48)33(46)31(44)27(16-40)51-37/h8,17-19,21-37,40-48H,7,9-16H2,1-6H3/t18-,19+,21-,22-,23+,24+,25+,26+,27-,28-,29+,30+,31+,32-,33+,34-,35-,36+,37+,38+,39+/m1/s1. The highest BCUT2D eigenvalue weighted by Gasteiger charge is 2.65. The Morgan fingerprint density at radius 1 is 0.827 bits per heavy atom. The summed E-state index contributed by atoms with van der Waals surface area (Å²) in [4.78, 5) is 0. The van der Waals surface area contributed by atoms with Crippen molar-refractivity contribution in [3.05, 3.63) is 11.6 Å². The third-order valence-corrected chi connectivity index (χ3v) is 14.7. The van der Waals surface area contributed by atoms with Gasteiger partial charge in [-0.2, -0.15) is 0 Å². The van der Waals surface area contributed by atoms with E-state index in [4.69, 9.17) is 18.9 Å². The van der Waals surface area contributed by atoms with Crippen LogP contribution in [0, 0.1) is 46.3 Å². The number of hydrogen-bond acceptors (Lipinski definition) is 13. The summed E-state index contributed by atoms with van der Waals surface area (Å²) < 4.78 is 24.9. The van der Waals surface area contributed by atoms with Crippen LogP contribution in [0.4, 0.5) is 0 Å². The van der Waals surface area contributed by atoms with Crippen LogP contribution in [-0.4, -0.2) is 138 Å². The van der Waals surface area contributed by atoms with Crippen LogP contribution in [0.2, 0.25) is 0 Å². The molecule has 0 amide bonds. The molecular weight excluding hydrogens is 676 g/mol. The minimum atomic E-state index is -1.58. The topological polar surface area (TPSA) is 219 Å².